The topological polar surface area (TPSA) is 96.0 Å². The van der Waals surface area contributed by atoms with Gasteiger partial charge in [-0.2, -0.15) is 0 Å². The van der Waals surface area contributed by atoms with Gasteiger partial charge >= 0.3 is 0 Å². The zero-order chi connectivity index (χ0) is 21.5. The van der Waals surface area contributed by atoms with Gasteiger partial charge in [0.15, 0.2) is 0 Å². The number of rotatable bonds is 8. The van der Waals surface area contributed by atoms with Crippen LogP contribution in [-0.2, 0) is 11.2 Å². The smallest absolute Gasteiger partial charge is 0.290 e. The Labute approximate surface area is 186 Å². The van der Waals surface area contributed by atoms with Crippen LogP contribution in [0.5, 0.6) is 0 Å². The molecule has 8 heteroatoms. The van der Waals surface area contributed by atoms with Gasteiger partial charge in [-0.15, -0.1) is 0 Å². The number of amides is 2. The Balaban J connectivity index is 1.20. The van der Waals surface area contributed by atoms with E-state index in [1.54, 1.807) is 18.3 Å². The molecule has 0 atom stereocenters. The van der Waals surface area contributed by atoms with Crippen LogP contribution in [0.25, 0.3) is 6.08 Å². The van der Waals surface area contributed by atoms with Crippen molar-refractivity contribution in [2.24, 2.45) is 5.92 Å². The van der Waals surface area contributed by atoms with E-state index in [-0.39, 0.29) is 11.1 Å². The number of hydrogen-bond acceptors (Lipinski definition) is 7. The molecule has 0 spiro atoms. The third-order valence-corrected chi connectivity index (χ3v) is 6.46. The van der Waals surface area contributed by atoms with E-state index >= 15 is 0 Å². The molecule has 2 aromatic rings. The Morgan fingerprint density at radius 1 is 1.10 bits per heavy atom. The summed E-state index contributed by atoms with van der Waals surface area (Å²) in [5, 5.41) is 8.93. The second kappa shape index (κ2) is 10.5. The summed E-state index contributed by atoms with van der Waals surface area (Å²) < 4.78 is 0. The molecule has 0 radical (unpaired) electrons. The molecule has 162 valence electrons. The second-order valence-electron chi connectivity index (χ2n) is 7.96. The van der Waals surface area contributed by atoms with Crippen LogP contribution in [0.1, 0.15) is 36.9 Å². The number of imide groups is 1. The fraction of sp³-hybridized carbons (Fsp3) is 0.391. The van der Waals surface area contributed by atoms with Crippen molar-refractivity contribution in [2.75, 3.05) is 18.4 Å². The van der Waals surface area contributed by atoms with Crippen molar-refractivity contribution in [2.45, 2.75) is 38.1 Å². The number of nitrogens with one attached hydrogen (secondary N) is 3. The summed E-state index contributed by atoms with van der Waals surface area (Å²) in [5.74, 6) is 0.897. The maximum absolute atomic E-state index is 11.7. The standard InChI is InChI=1S/C23H27N5O2S/c29-21-20(31-23(30)28-21)14-19-11-13-25-22(27-19)26-18-8-6-17(7-9-18)15-24-12-10-16-4-2-1-3-5-16/h1-5,11,13-14,17-18,24H,6-10,12,15H2,(H,25,26,27)(H,28,29,30)/b20-14+. The number of thioether (sulfide) groups is 1. The van der Waals surface area contributed by atoms with Crippen molar-refractivity contribution < 1.29 is 9.59 Å². The van der Waals surface area contributed by atoms with Crippen LogP contribution in [0.2, 0.25) is 0 Å². The van der Waals surface area contributed by atoms with Crippen LogP contribution in [0.15, 0.2) is 47.5 Å². The van der Waals surface area contributed by atoms with E-state index < -0.39 is 0 Å². The van der Waals surface area contributed by atoms with Crippen LogP contribution in [-0.4, -0.2) is 40.2 Å². The van der Waals surface area contributed by atoms with Crippen LogP contribution in [0, 0.1) is 5.92 Å². The van der Waals surface area contributed by atoms with Gasteiger partial charge in [-0.1, -0.05) is 30.3 Å². The van der Waals surface area contributed by atoms with E-state index in [4.69, 9.17) is 0 Å². The predicted molar refractivity (Wildman–Crippen MR) is 124 cm³/mol. The summed E-state index contributed by atoms with van der Waals surface area (Å²) in [6.07, 6.45) is 8.89. The highest BCUT2D eigenvalue weighted by atomic mass is 32.2. The molecule has 31 heavy (non-hydrogen) atoms. The van der Waals surface area contributed by atoms with Crippen molar-refractivity contribution in [1.82, 2.24) is 20.6 Å². The number of carbonyl (C=O) groups is 2. The Morgan fingerprint density at radius 2 is 1.90 bits per heavy atom. The van der Waals surface area contributed by atoms with Gasteiger partial charge in [0.25, 0.3) is 11.1 Å². The van der Waals surface area contributed by atoms with Gasteiger partial charge in [-0.25, -0.2) is 9.97 Å². The first-order valence-corrected chi connectivity index (χ1v) is 11.6. The molecule has 4 rings (SSSR count). The Bertz CT molecular complexity index is 942. The van der Waals surface area contributed by atoms with E-state index in [0.29, 0.717) is 28.5 Å². The normalized spacial score (nSPS) is 22.5. The summed E-state index contributed by atoms with van der Waals surface area (Å²) in [7, 11) is 0. The molecule has 1 aromatic heterocycles. The molecule has 0 bridgehead atoms. The number of aromatic nitrogens is 2. The molecule has 2 heterocycles. The lowest BCUT2D eigenvalue weighted by atomic mass is 9.86. The maximum atomic E-state index is 11.7. The lowest BCUT2D eigenvalue weighted by Gasteiger charge is -2.29. The molecule has 7 nitrogen and oxygen atoms in total. The molecular weight excluding hydrogens is 410 g/mol. The second-order valence-corrected chi connectivity index (χ2v) is 8.97. The molecule has 2 amide bonds. The summed E-state index contributed by atoms with van der Waals surface area (Å²) in [5.41, 5.74) is 1.99. The highest BCUT2D eigenvalue weighted by Crippen LogP contribution is 2.27. The SMILES string of the molecule is O=C1NC(=O)/C(=C\c2ccnc(NC3CCC(CNCCc4ccccc4)CC3)n2)S1. The molecule has 3 N–H and O–H groups in total. The quantitative estimate of drug-likeness (QED) is 0.429. The van der Waals surface area contributed by atoms with Crippen molar-refractivity contribution in [1.29, 1.82) is 0 Å². The fourth-order valence-corrected chi connectivity index (χ4v) is 4.62. The van der Waals surface area contributed by atoms with Gasteiger partial charge in [0.2, 0.25) is 5.95 Å². The number of benzene rings is 1. The first-order chi connectivity index (χ1) is 15.2. The highest BCUT2D eigenvalue weighted by molar-refractivity contribution is 8.18. The van der Waals surface area contributed by atoms with E-state index in [1.807, 2.05) is 0 Å². The number of anilines is 1. The largest absolute Gasteiger partial charge is 0.351 e. The molecule has 1 aliphatic heterocycles. The summed E-state index contributed by atoms with van der Waals surface area (Å²) >= 11 is 0.892. The third-order valence-electron chi connectivity index (χ3n) is 5.64. The van der Waals surface area contributed by atoms with E-state index in [2.05, 4.69) is 56.3 Å². The lowest BCUT2D eigenvalue weighted by Crippen LogP contribution is -2.32. The minimum atomic E-state index is -0.376. The zero-order valence-corrected chi connectivity index (χ0v) is 18.2. The monoisotopic (exact) mass is 437 g/mol. The zero-order valence-electron chi connectivity index (χ0n) is 17.3. The molecular formula is C23H27N5O2S. The maximum Gasteiger partial charge on any atom is 0.290 e. The predicted octanol–water partition coefficient (Wildman–Crippen LogP) is 3.60. The first-order valence-electron chi connectivity index (χ1n) is 10.7. The van der Waals surface area contributed by atoms with Crippen LogP contribution < -0.4 is 16.0 Å². The van der Waals surface area contributed by atoms with Crippen LogP contribution in [0.3, 0.4) is 0 Å². The summed E-state index contributed by atoms with van der Waals surface area (Å²) in [6, 6.07) is 12.7. The van der Waals surface area contributed by atoms with Crippen molar-refractivity contribution in [3.8, 4) is 0 Å². The minimum absolute atomic E-state index is 0.352. The van der Waals surface area contributed by atoms with Gasteiger partial charge in [-0.3, -0.25) is 14.9 Å². The molecule has 1 aliphatic carbocycles. The van der Waals surface area contributed by atoms with E-state index in [9.17, 15) is 9.59 Å². The lowest BCUT2D eigenvalue weighted by molar-refractivity contribution is -0.115. The molecule has 1 saturated heterocycles. The van der Waals surface area contributed by atoms with Gasteiger partial charge in [-0.05, 0) is 80.6 Å². The van der Waals surface area contributed by atoms with Crippen LogP contribution in [0.4, 0.5) is 10.7 Å². The first kappa shape index (κ1) is 21.5. The third kappa shape index (κ3) is 6.38. The molecule has 0 unspecified atom stereocenters. The highest BCUT2D eigenvalue weighted by Gasteiger charge is 2.25. The molecule has 1 saturated carbocycles. The average Bonchev–Trinajstić information content (AvgIpc) is 3.10. The fourth-order valence-electron chi connectivity index (χ4n) is 3.96. The molecule has 2 aliphatic rings. The average molecular weight is 438 g/mol. The minimum Gasteiger partial charge on any atom is -0.351 e. The Hall–Kier alpha value is -2.71. The summed E-state index contributed by atoms with van der Waals surface area (Å²) in [6.45, 7) is 2.08. The van der Waals surface area contributed by atoms with Crippen molar-refractivity contribution >= 4 is 34.9 Å². The summed E-state index contributed by atoms with van der Waals surface area (Å²) in [4.78, 5) is 32.2. The molecule has 2 fully saturated rings. The molecule has 1 aromatic carbocycles. The number of hydrogen-bond donors (Lipinski definition) is 3. The number of nitrogens with zero attached hydrogens (tertiary/aromatic N) is 2. The Kier molecular flexibility index (Phi) is 7.32. The van der Waals surface area contributed by atoms with Crippen LogP contribution >= 0.6 is 11.8 Å². The van der Waals surface area contributed by atoms with Gasteiger partial charge in [0.05, 0.1) is 10.6 Å². The van der Waals surface area contributed by atoms with Gasteiger partial charge in [0, 0.05) is 12.2 Å². The van der Waals surface area contributed by atoms with E-state index in [0.717, 1.165) is 44.1 Å². The van der Waals surface area contributed by atoms with Gasteiger partial charge < -0.3 is 10.6 Å². The Morgan fingerprint density at radius 3 is 2.65 bits per heavy atom. The van der Waals surface area contributed by atoms with Crippen molar-refractivity contribution in [3.05, 3.63) is 58.8 Å². The van der Waals surface area contributed by atoms with E-state index in [1.165, 1.54) is 18.4 Å². The number of carbonyl (C=O) groups excluding carboxylic acids is 2. The van der Waals surface area contributed by atoms with Gasteiger partial charge in [0.1, 0.15) is 0 Å². The van der Waals surface area contributed by atoms with Crippen molar-refractivity contribution in [3.63, 3.8) is 0 Å².